The molecule has 0 radical (unpaired) electrons. The maximum Gasteiger partial charge on any atom is 0.0410 e. The molecular formula is C25H35BrN4. The molecule has 0 saturated carbocycles. The zero-order valence-corrected chi connectivity index (χ0v) is 19.9. The summed E-state index contributed by atoms with van der Waals surface area (Å²) in [6.07, 6.45) is 2.41. The Morgan fingerprint density at radius 1 is 0.800 bits per heavy atom. The summed E-state index contributed by atoms with van der Waals surface area (Å²) in [5.74, 6) is 0. The van der Waals surface area contributed by atoms with Crippen molar-refractivity contribution in [1.29, 1.82) is 0 Å². The van der Waals surface area contributed by atoms with E-state index in [-0.39, 0.29) is 0 Å². The molecule has 0 aliphatic carbocycles. The zero-order chi connectivity index (χ0) is 20.8. The van der Waals surface area contributed by atoms with Crippen LogP contribution in [0.15, 0.2) is 53.0 Å². The first kappa shape index (κ1) is 21.8. The van der Waals surface area contributed by atoms with Crippen molar-refractivity contribution in [3.05, 3.63) is 64.1 Å². The van der Waals surface area contributed by atoms with Crippen molar-refractivity contribution < 1.29 is 0 Å². The van der Waals surface area contributed by atoms with Crippen LogP contribution in [-0.2, 0) is 13.0 Å². The quantitative estimate of drug-likeness (QED) is 0.606. The normalized spacial score (nSPS) is 19.3. The molecule has 0 N–H and O–H groups in total. The number of nitrogens with zero attached hydrogens (tertiary/aromatic N) is 4. The maximum atomic E-state index is 3.71. The molecule has 2 heterocycles. The molecule has 0 bridgehead atoms. The zero-order valence-electron chi connectivity index (χ0n) is 18.3. The molecule has 2 fully saturated rings. The van der Waals surface area contributed by atoms with E-state index in [1.54, 1.807) is 0 Å². The van der Waals surface area contributed by atoms with Crippen LogP contribution < -0.4 is 4.90 Å². The molecule has 0 unspecified atom stereocenters. The average molecular weight is 471 g/mol. The van der Waals surface area contributed by atoms with Crippen molar-refractivity contribution in [3.8, 4) is 0 Å². The second kappa shape index (κ2) is 10.8. The second-order valence-corrected chi connectivity index (χ2v) is 9.69. The van der Waals surface area contributed by atoms with Crippen LogP contribution in [0, 0.1) is 0 Å². The van der Waals surface area contributed by atoms with Crippen molar-refractivity contribution in [3.63, 3.8) is 0 Å². The Bertz CT molecular complexity index is 781. The van der Waals surface area contributed by atoms with E-state index >= 15 is 0 Å². The minimum Gasteiger partial charge on any atom is -0.369 e. The number of hydrogen-bond acceptors (Lipinski definition) is 4. The van der Waals surface area contributed by atoms with Gasteiger partial charge in [-0.25, -0.2) is 0 Å². The molecule has 5 heteroatoms. The third-order valence-corrected chi connectivity index (χ3v) is 7.02. The fraction of sp³-hybridized carbons (Fsp3) is 0.520. The van der Waals surface area contributed by atoms with Crippen LogP contribution in [0.3, 0.4) is 0 Å². The van der Waals surface area contributed by atoms with E-state index in [0.29, 0.717) is 0 Å². The lowest BCUT2D eigenvalue weighted by Gasteiger charge is -2.37. The molecule has 0 aromatic heterocycles. The highest BCUT2D eigenvalue weighted by Crippen LogP contribution is 2.28. The van der Waals surface area contributed by atoms with Gasteiger partial charge in [0, 0.05) is 69.1 Å². The molecule has 2 aliphatic rings. The van der Waals surface area contributed by atoms with Crippen molar-refractivity contribution in [1.82, 2.24) is 14.7 Å². The summed E-state index contributed by atoms with van der Waals surface area (Å²) in [6, 6.07) is 17.7. The Kier molecular flexibility index (Phi) is 7.83. The molecule has 0 atom stereocenters. The smallest absolute Gasteiger partial charge is 0.0410 e. The van der Waals surface area contributed by atoms with E-state index in [9.17, 15) is 0 Å². The fourth-order valence-electron chi connectivity index (χ4n) is 4.60. The number of halogens is 1. The minimum atomic E-state index is 1.06. The maximum absolute atomic E-state index is 3.71. The van der Waals surface area contributed by atoms with Gasteiger partial charge in [0.25, 0.3) is 0 Å². The Morgan fingerprint density at radius 3 is 2.23 bits per heavy atom. The molecule has 0 spiro atoms. The van der Waals surface area contributed by atoms with Crippen molar-refractivity contribution in [2.45, 2.75) is 19.4 Å². The molecule has 162 valence electrons. The molecular weight excluding hydrogens is 436 g/mol. The van der Waals surface area contributed by atoms with E-state index in [4.69, 9.17) is 0 Å². The van der Waals surface area contributed by atoms with E-state index in [0.717, 1.165) is 32.7 Å². The largest absolute Gasteiger partial charge is 0.369 e. The van der Waals surface area contributed by atoms with Crippen LogP contribution in [-0.4, -0.2) is 80.7 Å². The summed E-state index contributed by atoms with van der Waals surface area (Å²) in [6.45, 7) is 11.6. The average Bonchev–Trinajstić information content (AvgIpc) is 2.77. The lowest BCUT2D eigenvalue weighted by Crippen LogP contribution is -2.46. The monoisotopic (exact) mass is 470 g/mol. The van der Waals surface area contributed by atoms with Gasteiger partial charge in [0.1, 0.15) is 0 Å². The van der Waals surface area contributed by atoms with Gasteiger partial charge in [-0.3, -0.25) is 4.90 Å². The number of benzene rings is 2. The molecule has 4 nitrogen and oxygen atoms in total. The first-order chi connectivity index (χ1) is 14.7. The number of hydrogen-bond donors (Lipinski definition) is 0. The van der Waals surface area contributed by atoms with Gasteiger partial charge in [-0.1, -0.05) is 52.3 Å². The minimum absolute atomic E-state index is 1.06. The van der Waals surface area contributed by atoms with Crippen LogP contribution in [0.5, 0.6) is 0 Å². The van der Waals surface area contributed by atoms with Gasteiger partial charge >= 0.3 is 0 Å². The third kappa shape index (κ3) is 6.07. The van der Waals surface area contributed by atoms with E-state index in [1.165, 1.54) is 66.9 Å². The molecule has 30 heavy (non-hydrogen) atoms. The summed E-state index contributed by atoms with van der Waals surface area (Å²) < 4.78 is 1.19. The number of anilines is 1. The van der Waals surface area contributed by atoms with Gasteiger partial charge in [0.15, 0.2) is 0 Å². The fourth-order valence-corrected chi connectivity index (χ4v) is 4.94. The SMILES string of the molecule is CN1CCN(CCCc2ccc(Br)cc2N2CCN(Cc3ccccc3)CC2)CC1. The first-order valence-corrected chi connectivity index (χ1v) is 12.2. The number of rotatable bonds is 7. The Labute approximate surface area is 190 Å². The summed E-state index contributed by atoms with van der Waals surface area (Å²) in [5, 5.41) is 0. The third-order valence-electron chi connectivity index (χ3n) is 6.53. The molecule has 2 aromatic rings. The van der Waals surface area contributed by atoms with E-state index < -0.39 is 0 Å². The van der Waals surface area contributed by atoms with E-state index in [1.807, 2.05) is 0 Å². The van der Waals surface area contributed by atoms with Gasteiger partial charge in [0.2, 0.25) is 0 Å². The standard InChI is InChI=1S/C25H35BrN4/c1-27-12-14-28(15-13-27)11-5-8-23-9-10-24(26)20-25(23)30-18-16-29(17-19-30)21-22-6-3-2-4-7-22/h2-4,6-7,9-10,20H,5,8,11-19,21H2,1H3. The van der Waals surface area contributed by atoms with Gasteiger partial charge in [-0.15, -0.1) is 0 Å². The summed E-state index contributed by atoms with van der Waals surface area (Å²) in [5.41, 5.74) is 4.35. The van der Waals surface area contributed by atoms with E-state index in [2.05, 4.69) is 91.1 Å². The molecule has 2 aliphatic heterocycles. The molecule has 2 aromatic carbocycles. The second-order valence-electron chi connectivity index (χ2n) is 8.77. The molecule has 2 saturated heterocycles. The number of aryl methyl sites for hydroxylation is 1. The highest BCUT2D eigenvalue weighted by atomic mass is 79.9. The van der Waals surface area contributed by atoms with Crippen LogP contribution >= 0.6 is 15.9 Å². The molecule has 0 amide bonds. The number of likely N-dealkylation sites (N-methyl/N-ethyl adjacent to an activating group) is 1. The van der Waals surface area contributed by atoms with Crippen molar-refractivity contribution in [2.75, 3.05) is 70.9 Å². The van der Waals surface area contributed by atoms with Crippen molar-refractivity contribution >= 4 is 21.6 Å². The highest BCUT2D eigenvalue weighted by molar-refractivity contribution is 9.10. The summed E-state index contributed by atoms with van der Waals surface area (Å²) in [4.78, 5) is 10.2. The number of piperazine rings is 2. The van der Waals surface area contributed by atoms with Crippen LogP contribution in [0.1, 0.15) is 17.5 Å². The lowest BCUT2D eigenvalue weighted by atomic mass is 10.1. The van der Waals surface area contributed by atoms with Crippen molar-refractivity contribution in [2.24, 2.45) is 0 Å². The van der Waals surface area contributed by atoms with Crippen LogP contribution in [0.4, 0.5) is 5.69 Å². The van der Waals surface area contributed by atoms with Gasteiger partial charge < -0.3 is 14.7 Å². The Balaban J connectivity index is 1.31. The molecule has 4 rings (SSSR count). The summed E-state index contributed by atoms with van der Waals surface area (Å²) >= 11 is 3.71. The Morgan fingerprint density at radius 2 is 1.50 bits per heavy atom. The van der Waals surface area contributed by atoms with Crippen LogP contribution in [0.25, 0.3) is 0 Å². The highest BCUT2D eigenvalue weighted by Gasteiger charge is 2.20. The van der Waals surface area contributed by atoms with Gasteiger partial charge in [-0.05, 0) is 49.7 Å². The lowest BCUT2D eigenvalue weighted by molar-refractivity contribution is 0.153. The van der Waals surface area contributed by atoms with Gasteiger partial charge in [-0.2, -0.15) is 0 Å². The predicted octanol–water partition coefficient (Wildman–Crippen LogP) is 3.95. The summed E-state index contributed by atoms with van der Waals surface area (Å²) in [7, 11) is 2.23. The van der Waals surface area contributed by atoms with Gasteiger partial charge in [0.05, 0.1) is 0 Å². The first-order valence-electron chi connectivity index (χ1n) is 11.4. The predicted molar refractivity (Wildman–Crippen MR) is 130 cm³/mol. The Hall–Kier alpha value is -1.40. The van der Waals surface area contributed by atoms with Crippen LogP contribution in [0.2, 0.25) is 0 Å². The topological polar surface area (TPSA) is 13.0 Å².